The molecule has 0 saturated carbocycles. The molecule has 0 bridgehead atoms. The molecule has 0 spiro atoms. The average molecular weight is 299 g/mol. The Kier molecular flexibility index (Phi) is 4.58. The van der Waals surface area contributed by atoms with Crippen LogP contribution in [0.1, 0.15) is 31.9 Å². The minimum absolute atomic E-state index is 0.138. The number of benzene rings is 1. The number of hydrogen-bond acceptors (Lipinski definition) is 3. The van der Waals surface area contributed by atoms with Gasteiger partial charge in [0, 0.05) is 19.1 Å². The van der Waals surface area contributed by atoms with Crippen molar-refractivity contribution >= 4 is 5.91 Å². The molecule has 1 aromatic carbocycles. The molecule has 1 heterocycles. The lowest BCUT2D eigenvalue weighted by Gasteiger charge is -2.30. The molecule has 0 N–H and O–H groups in total. The molecule has 0 aromatic heterocycles. The smallest absolute Gasteiger partial charge is 0.232 e. The number of amides is 1. The van der Waals surface area contributed by atoms with Crippen molar-refractivity contribution in [2.75, 3.05) is 27.2 Å². The van der Waals surface area contributed by atoms with Crippen molar-refractivity contribution < 1.29 is 4.79 Å². The summed E-state index contributed by atoms with van der Waals surface area (Å²) in [5.41, 5.74) is 0.880. The molecule has 1 amide bonds. The highest BCUT2D eigenvalue weighted by Gasteiger charge is 2.40. The van der Waals surface area contributed by atoms with Gasteiger partial charge in [-0.2, -0.15) is 5.26 Å². The van der Waals surface area contributed by atoms with E-state index in [0.29, 0.717) is 17.5 Å². The van der Waals surface area contributed by atoms with Crippen LogP contribution in [0.4, 0.5) is 0 Å². The quantitative estimate of drug-likeness (QED) is 0.860. The summed E-state index contributed by atoms with van der Waals surface area (Å²) in [5, 5.41) is 9.06. The molecule has 2 atom stereocenters. The number of carbonyl (C=O) groups is 1. The van der Waals surface area contributed by atoms with Crippen molar-refractivity contribution in [2.24, 2.45) is 5.92 Å². The highest BCUT2D eigenvalue weighted by Crippen LogP contribution is 2.30. The number of carbonyl (C=O) groups excluding carboxylic acids is 1. The molecule has 118 valence electrons. The Bertz CT molecular complexity index is 601. The molecule has 2 unspecified atom stereocenters. The van der Waals surface area contributed by atoms with Gasteiger partial charge in [0.15, 0.2) is 0 Å². The molecule has 22 heavy (non-hydrogen) atoms. The van der Waals surface area contributed by atoms with Crippen molar-refractivity contribution in [1.29, 1.82) is 5.26 Å². The maximum atomic E-state index is 13.0. The van der Waals surface area contributed by atoms with E-state index in [1.165, 1.54) is 0 Å². The third-order valence-electron chi connectivity index (χ3n) is 4.77. The number of rotatable bonds is 3. The molecule has 0 aliphatic carbocycles. The number of nitriles is 1. The van der Waals surface area contributed by atoms with Crippen LogP contribution in [0.3, 0.4) is 0 Å². The molecule has 2 rings (SSSR count). The topological polar surface area (TPSA) is 47.3 Å². The summed E-state index contributed by atoms with van der Waals surface area (Å²) < 4.78 is 0. The molecule has 1 aromatic rings. The molecular weight excluding hydrogens is 274 g/mol. The second-order valence-corrected chi connectivity index (χ2v) is 7.04. The van der Waals surface area contributed by atoms with Gasteiger partial charge < -0.3 is 9.80 Å². The van der Waals surface area contributed by atoms with E-state index in [2.05, 4.69) is 32.0 Å². The monoisotopic (exact) mass is 299 g/mol. The fourth-order valence-corrected chi connectivity index (χ4v) is 3.28. The van der Waals surface area contributed by atoms with Crippen LogP contribution < -0.4 is 0 Å². The lowest BCUT2D eigenvalue weighted by molar-refractivity contribution is -0.135. The number of nitrogens with zero attached hydrogens (tertiary/aromatic N) is 3. The van der Waals surface area contributed by atoms with Gasteiger partial charge in [-0.15, -0.1) is 0 Å². The zero-order chi connectivity index (χ0) is 16.5. The van der Waals surface area contributed by atoms with Crippen LogP contribution in [0.5, 0.6) is 0 Å². The van der Waals surface area contributed by atoms with Crippen molar-refractivity contribution in [3.05, 3.63) is 35.4 Å². The van der Waals surface area contributed by atoms with Gasteiger partial charge in [0.05, 0.1) is 17.0 Å². The highest BCUT2D eigenvalue weighted by molar-refractivity contribution is 5.87. The van der Waals surface area contributed by atoms with Crippen LogP contribution in [0, 0.1) is 17.2 Å². The summed E-state index contributed by atoms with van der Waals surface area (Å²) in [6, 6.07) is 9.92. The fourth-order valence-electron chi connectivity index (χ4n) is 3.28. The Morgan fingerprint density at radius 3 is 2.59 bits per heavy atom. The van der Waals surface area contributed by atoms with E-state index in [0.717, 1.165) is 18.7 Å². The third-order valence-corrected chi connectivity index (χ3v) is 4.77. The zero-order valence-electron chi connectivity index (χ0n) is 14.1. The molecule has 1 saturated heterocycles. The first-order chi connectivity index (χ1) is 10.3. The van der Waals surface area contributed by atoms with Crippen LogP contribution in [-0.4, -0.2) is 48.9 Å². The molecule has 4 nitrogen and oxygen atoms in total. The number of likely N-dealkylation sites (N-methyl/N-ethyl adjacent to an activating group) is 1. The third kappa shape index (κ3) is 3.00. The standard InChI is InChI=1S/C18H25N3O/c1-13-11-21(12-16(13)20(4)5)17(22)18(2,3)15-8-6-7-14(9-15)10-19/h6-9,13,16H,11-12H2,1-5H3. The van der Waals surface area contributed by atoms with Gasteiger partial charge in [0.2, 0.25) is 5.91 Å². The largest absolute Gasteiger partial charge is 0.340 e. The first kappa shape index (κ1) is 16.5. The van der Waals surface area contributed by atoms with Crippen LogP contribution in [0.2, 0.25) is 0 Å². The van der Waals surface area contributed by atoms with E-state index in [1.807, 2.05) is 36.9 Å². The maximum Gasteiger partial charge on any atom is 0.232 e. The summed E-state index contributed by atoms with van der Waals surface area (Å²) in [7, 11) is 4.13. The summed E-state index contributed by atoms with van der Waals surface area (Å²) in [6.45, 7) is 7.65. The van der Waals surface area contributed by atoms with Gasteiger partial charge in [-0.3, -0.25) is 4.79 Å². The predicted octanol–water partition coefficient (Wildman–Crippen LogP) is 2.24. The Morgan fingerprint density at radius 2 is 2.05 bits per heavy atom. The summed E-state index contributed by atoms with van der Waals surface area (Å²) in [6.07, 6.45) is 0. The van der Waals surface area contributed by atoms with Gasteiger partial charge in [-0.1, -0.05) is 19.1 Å². The van der Waals surface area contributed by atoms with Crippen molar-refractivity contribution in [2.45, 2.75) is 32.2 Å². The van der Waals surface area contributed by atoms with E-state index in [4.69, 9.17) is 5.26 Å². The molecule has 0 radical (unpaired) electrons. The molecule has 4 heteroatoms. The van der Waals surface area contributed by atoms with Gasteiger partial charge in [-0.05, 0) is 51.6 Å². The van der Waals surface area contributed by atoms with E-state index in [9.17, 15) is 4.79 Å². The maximum absolute atomic E-state index is 13.0. The SMILES string of the molecule is CC1CN(C(=O)C(C)(C)c2cccc(C#N)c2)CC1N(C)C. The van der Waals surface area contributed by atoms with E-state index in [-0.39, 0.29) is 5.91 Å². The lowest BCUT2D eigenvalue weighted by atomic mass is 9.82. The van der Waals surface area contributed by atoms with E-state index in [1.54, 1.807) is 6.07 Å². The minimum atomic E-state index is -0.617. The molecule has 1 fully saturated rings. The minimum Gasteiger partial charge on any atom is -0.340 e. The van der Waals surface area contributed by atoms with Gasteiger partial charge >= 0.3 is 0 Å². The van der Waals surface area contributed by atoms with Crippen molar-refractivity contribution in [3.8, 4) is 6.07 Å². The summed E-state index contributed by atoms with van der Waals surface area (Å²) >= 11 is 0. The fraction of sp³-hybridized carbons (Fsp3) is 0.556. The second-order valence-electron chi connectivity index (χ2n) is 7.04. The zero-order valence-corrected chi connectivity index (χ0v) is 14.1. The molecular formula is C18H25N3O. The Hall–Kier alpha value is -1.86. The van der Waals surface area contributed by atoms with Gasteiger partial charge in [0.1, 0.15) is 0 Å². The lowest BCUT2D eigenvalue weighted by Crippen LogP contribution is -2.43. The molecule has 1 aliphatic heterocycles. The summed E-state index contributed by atoms with van der Waals surface area (Å²) in [4.78, 5) is 17.2. The van der Waals surface area contributed by atoms with Crippen LogP contribution in [0.15, 0.2) is 24.3 Å². The van der Waals surface area contributed by atoms with Gasteiger partial charge in [0.25, 0.3) is 0 Å². The van der Waals surface area contributed by atoms with Gasteiger partial charge in [-0.25, -0.2) is 0 Å². The number of likely N-dealkylation sites (tertiary alicyclic amines) is 1. The van der Waals surface area contributed by atoms with Crippen LogP contribution in [-0.2, 0) is 10.2 Å². The van der Waals surface area contributed by atoms with Crippen LogP contribution in [0.25, 0.3) is 0 Å². The highest BCUT2D eigenvalue weighted by atomic mass is 16.2. The van der Waals surface area contributed by atoms with Crippen LogP contribution >= 0.6 is 0 Å². The Balaban J connectivity index is 2.23. The van der Waals surface area contributed by atoms with Crippen molar-refractivity contribution in [3.63, 3.8) is 0 Å². The summed E-state index contributed by atoms with van der Waals surface area (Å²) in [5.74, 6) is 0.610. The first-order valence-electron chi connectivity index (χ1n) is 7.73. The van der Waals surface area contributed by atoms with E-state index < -0.39 is 5.41 Å². The average Bonchev–Trinajstić information content (AvgIpc) is 2.88. The second kappa shape index (κ2) is 6.10. The van der Waals surface area contributed by atoms with E-state index >= 15 is 0 Å². The Labute approximate surface area is 133 Å². The molecule has 1 aliphatic rings. The normalized spacial score (nSPS) is 22.0. The predicted molar refractivity (Wildman–Crippen MR) is 87.4 cm³/mol. The Morgan fingerprint density at radius 1 is 1.36 bits per heavy atom. The van der Waals surface area contributed by atoms with Crippen molar-refractivity contribution in [1.82, 2.24) is 9.80 Å². The number of hydrogen-bond donors (Lipinski definition) is 0. The first-order valence-corrected chi connectivity index (χ1v) is 7.73.